The van der Waals surface area contributed by atoms with Gasteiger partial charge in [0.05, 0.1) is 12.4 Å². The van der Waals surface area contributed by atoms with Gasteiger partial charge in [-0.05, 0) is 19.8 Å². The first kappa shape index (κ1) is 8.59. The van der Waals surface area contributed by atoms with Crippen molar-refractivity contribution in [2.24, 2.45) is 0 Å². The van der Waals surface area contributed by atoms with Gasteiger partial charge in [-0.2, -0.15) is 10.2 Å². The fourth-order valence-electron chi connectivity index (χ4n) is 1.82. The molecule has 3 rings (SSSR count). The summed E-state index contributed by atoms with van der Waals surface area (Å²) >= 11 is 0. The summed E-state index contributed by atoms with van der Waals surface area (Å²) in [7, 11) is 0. The van der Waals surface area contributed by atoms with Crippen molar-refractivity contribution >= 4 is 10.8 Å². The maximum absolute atomic E-state index is 11.8. The van der Waals surface area contributed by atoms with Crippen molar-refractivity contribution in [3.8, 4) is 0 Å². The number of hydrogen-bond acceptors (Lipinski definition) is 3. The number of nitrogens with zero attached hydrogens (tertiary/aromatic N) is 3. The molecule has 0 amide bonds. The van der Waals surface area contributed by atoms with Crippen LogP contribution in [0, 0.1) is 0 Å². The van der Waals surface area contributed by atoms with E-state index in [1.807, 2.05) is 10.8 Å². The molecule has 0 atom stereocenters. The Morgan fingerprint density at radius 2 is 1.93 bits per heavy atom. The fourth-order valence-corrected chi connectivity index (χ4v) is 1.82. The van der Waals surface area contributed by atoms with Gasteiger partial charge in [-0.3, -0.25) is 4.79 Å². The molecule has 76 valence electrons. The van der Waals surface area contributed by atoms with Gasteiger partial charge in [0.25, 0.3) is 5.56 Å². The predicted molar refractivity (Wildman–Crippen MR) is 56.7 cm³/mol. The van der Waals surface area contributed by atoms with Crippen molar-refractivity contribution in [2.75, 3.05) is 0 Å². The highest BCUT2D eigenvalue weighted by atomic mass is 16.1. The zero-order valence-corrected chi connectivity index (χ0v) is 8.47. The molecule has 2 heterocycles. The van der Waals surface area contributed by atoms with Gasteiger partial charge < -0.3 is 4.57 Å². The molecule has 1 saturated carbocycles. The van der Waals surface area contributed by atoms with Gasteiger partial charge in [0.2, 0.25) is 0 Å². The molecular weight excluding hydrogens is 190 g/mol. The molecule has 2 aromatic rings. The summed E-state index contributed by atoms with van der Waals surface area (Å²) in [6.45, 7) is 2.11. The van der Waals surface area contributed by atoms with Crippen LogP contribution in [0.2, 0.25) is 0 Å². The average molecular weight is 201 g/mol. The Morgan fingerprint density at radius 1 is 1.27 bits per heavy atom. The lowest BCUT2D eigenvalue weighted by atomic mass is 10.2. The molecule has 2 aromatic heterocycles. The molecule has 1 aliphatic rings. The van der Waals surface area contributed by atoms with Crippen LogP contribution < -0.4 is 5.56 Å². The SMILES string of the molecule is CC1(n2cc3cnncc3cc2=O)CC1. The Morgan fingerprint density at radius 3 is 2.60 bits per heavy atom. The van der Waals surface area contributed by atoms with Crippen molar-refractivity contribution < 1.29 is 0 Å². The minimum Gasteiger partial charge on any atom is -0.309 e. The number of pyridine rings is 1. The minimum atomic E-state index is 0.0363. The first-order valence-corrected chi connectivity index (χ1v) is 5.03. The number of rotatable bonds is 1. The summed E-state index contributed by atoms with van der Waals surface area (Å²) in [5, 5.41) is 9.41. The van der Waals surface area contributed by atoms with Gasteiger partial charge in [0.1, 0.15) is 0 Å². The highest BCUT2D eigenvalue weighted by Gasteiger charge is 2.39. The fraction of sp³-hybridized carbons (Fsp3) is 0.364. The lowest BCUT2D eigenvalue weighted by Crippen LogP contribution is -2.26. The molecule has 0 unspecified atom stereocenters. The Kier molecular flexibility index (Phi) is 1.52. The van der Waals surface area contributed by atoms with E-state index in [0.717, 1.165) is 23.6 Å². The van der Waals surface area contributed by atoms with Gasteiger partial charge in [-0.1, -0.05) is 0 Å². The second kappa shape index (κ2) is 2.66. The van der Waals surface area contributed by atoms with Crippen molar-refractivity contribution in [1.82, 2.24) is 14.8 Å². The molecule has 0 saturated heterocycles. The van der Waals surface area contributed by atoms with Gasteiger partial charge in [-0.25, -0.2) is 0 Å². The number of fused-ring (bicyclic) bond motifs is 1. The number of hydrogen-bond donors (Lipinski definition) is 0. The lowest BCUT2D eigenvalue weighted by molar-refractivity contribution is 0.516. The maximum atomic E-state index is 11.8. The lowest BCUT2D eigenvalue weighted by Gasteiger charge is -2.13. The van der Waals surface area contributed by atoms with Crippen LogP contribution in [0.5, 0.6) is 0 Å². The predicted octanol–water partition coefficient (Wildman–Crippen LogP) is 1.30. The highest BCUT2D eigenvalue weighted by Crippen LogP contribution is 2.41. The van der Waals surface area contributed by atoms with Crippen LogP contribution in [-0.2, 0) is 5.54 Å². The maximum Gasteiger partial charge on any atom is 0.251 e. The molecule has 0 bridgehead atoms. The van der Waals surface area contributed by atoms with Gasteiger partial charge in [0, 0.05) is 28.6 Å². The van der Waals surface area contributed by atoms with E-state index in [1.54, 1.807) is 18.5 Å². The zero-order valence-electron chi connectivity index (χ0n) is 8.47. The molecule has 0 aromatic carbocycles. The van der Waals surface area contributed by atoms with E-state index in [0.29, 0.717) is 0 Å². The Labute approximate surface area is 86.6 Å². The van der Waals surface area contributed by atoms with Crippen LogP contribution in [0.3, 0.4) is 0 Å². The first-order chi connectivity index (χ1) is 7.19. The molecule has 1 aliphatic carbocycles. The smallest absolute Gasteiger partial charge is 0.251 e. The van der Waals surface area contributed by atoms with Crippen LogP contribution in [0.15, 0.2) is 29.5 Å². The summed E-state index contributed by atoms with van der Waals surface area (Å²) in [5.74, 6) is 0. The molecule has 0 radical (unpaired) electrons. The van der Waals surface area contributed by atoms with Crippen LogP contribution in [0.25, 0.3) is 10.8 Å². The molecule has 0 N–H and O–H groups in total. The largest absolute Gasteiger partial charge is 0.309 e. The average Bonchev–Trinajstić information content (AvgIpc) is 2.96. The van der Waals surface area contributed by atoms with Gasteiger partial charge in [-0.15, -0.1) is 0 Å². The normalized spacial score (nSPS) is 17.9. The second-order valence-corrected chi connectivity index (χ2v) is 4.38. The number of aromatic nitrogens is 3. The molecule has 4 heteroatoms. The molecule has 1 fully saturated rings. The highest BCUT2D eigenvalue weighted by molar-refractivity contribution is 5.79. The van der Waals surface area contributed by atoms with E-state index >= 15 is 0 Å². The van der Waals surface area contributed by atoms with Crippen LogP contribution in [0.4, 0.5) is 0 Å². The van der Waals surface area contributed by atoms with Crippen molar-refractivity contribution in [3.63, 3.8) is 0 Å². The van der Waals surface area contributed by atoms with Crippen molar-refractivity contribution in [2.45, 2.75) is 25.3 Å². The van der Waals surface area contributed by atoms with Crippen molar-refractivity contribution in [1.29, 1.82) is 0 Å². The summed E-state index contributed by atoms with van der Waals surface area (Å²) in [6, 6.07) is 1.63. The van der Waals surface area contributed by atoms with E-state index in [9.17, 15) is 4.79 Å². The van der Waals surface area contributed by atoms with Crippen LogP contribution in [-0.4, -0.2) is 14.8 Å². The van der Waals surface area contributed by atoms with Crippen molar-refractivity contribution in [3.05, 3.63) is 35.0 Å². The molecule has 0 spiro atoms. The van der Waals surface area contributed by atoms with Crippen LogP contribution in [0.1, 0.15) is 19.8 Å². The van der Waals surface area contributed by atoms with E-state index in [4.69, 9.17) is 0 Å². The monoisotopic (exact) mass is 201 g/mol. The molecular formula is C11H11N3O. The second-order valence-electron chi connectivity index (χ2n) is 4.38. The van der Waals surface area contributed by atoms with Gasteiger partial charge in [0.15, 0.2) is 0 Å². The van der Waals surface area contributed by atoms with Gasteiger partial charge >= 0.3 is 0 Å². The third-order valence-electron chi connectivity index (χ3n) is 3.13. The Bertz CT molecular complexity index is 584. The summed E-state index contributed by atoms with van der Waals surface area (Å²) in [5.41, 5.74) is 0.0876. The minimum absolute atomic E-state index is 0.0363. The Balaban J connectivity index is 2.32. The van der Waals surface area contributed by atoms with E-state index in [1.165, 1.54) is 0 Å². The van der Waals surface area contributed by atoms with E-state index in [-0.39, 0.29) is 11.1 Å². The van der Waals surface area contributed by atoms with E-state index in [2.05, 4.69) is 17.1 Å². The zero-order chi connectivity index (χ0) is 10.5. The summed E-state index contributed by atoms with van der Waals surface area (Å²) in [6.07, 6.45) is 7.36. The summed E-state index contributed by atoms with van der Waals surface area (Å²) < 4.78 is 1.82. The summed E-state index contributed by atoms with van der Waals surface area (Å²) in [4.78, 5) is 11.8. The molecule has 4 nitrogen and oxygen atoms in total. The quantitative estimate of drug-likeness (QED) is 0.698. The third kappa shape index (κ3) is 1.25. The standard InChI is InChI=1S/C11H11N3O/c1-11(2-3-11)14-7-9-6-13-12-5-8(9)4-10(14)15/h4-7H,2-3H2,1H3. The van der Waals surface area contributed by atoms with Crippen LogP contribution >= 0.6 is 0 Å². The first-order valence-electron chi connectivity index (χ1n) is 5.03. The molecule has 0 aliphatic heterocycles. The van der Waals surface area contributed by atoms with E-state index < -0.39 is 0 Å². The topological polar surface area (TPSA) is 47.8 Å². The Hall–Kier alpha value is -1.71. The molecule has 15 heavy (non-hydrogen) atoms. The third-order valence-corrected chi connectivity index (χ3v) is 3.13.